The second kappa shape index (κ2) is 7.33. The molecular formula is C16H23N3O2. The highest BCUT2D eigenvalue weighted by Gasteiger charge is 2.28. The fourth-order valence-corrected chi connectivity index (χ4v) is 2.87. The predicted octanol–water partition coefficient (Wildman–Crippen LogP) is 1.14. The monoisotopic (exact) mass is 289 g/mol. The fourth-order valence-electron chi connectivity index (χ4n) is 2.87. The molecule has 1 heterocycles. The van der Waals surface area contributed by atoms with Gasteiger partial charge >= 0.3 is 0 Å². The molecule has 5 nitrogen and oxygen atoms in total. The Labute approximate surface area is 125 Å². The maximum Gasteiger partial charge on any atom is 0.257 e. The van der Waals surface area contributed by atoms with Gasteiger partial charge in [0, 0.05) is 24.2 Å². The molecule has 2 atom stereocenters. The van der Waals surface area contributed by atoms with Crippen molar-refractivity contribution in [1.29, 1.82) is 0 Å². The number of hydrogen-bond donors (Lipinski definition) is 2. The summed E-state index contributed by atoms with van der Waals surface area (Å²) >= 11 is 0. The molecule has 3 N–H and O–H groups in total. The van der Waals surface area contributed by atoms with Gasteiger partial charge in [-0.3, -0.25) is 19.8 Å². The Morgan fingerprint density at radius 2 is 2.00 bits per heavy atom. The maximum atomic E-state index is 12.1. The van der Waals surface area contributed by atoms with Crippen LogP contribution in [-0.2, 0) is 4.79 Å². The quantitative estimate of drug-likeness (QED) is 0.871. The molecule has 1 aliphatic rings. The molecule has 1 fully saturated rings. The normalized spacial score (nSPS) is 22.8. The van der Waals surface area contributed by atoms with E-state index in [4.69, 9.17) is 5.73 Å². The van der Waals surface area contributed by atoms with Crippen molar-refractivity contribution in [2.75, 3.05) is 13.1 Å². The molecule has 1 aliphatic heterocycles. The Hall–Kier alpha value is -1.72. The number of nitrogens with zero attached hydrogens (tertiary/aromatic N) is 1. The van der Waals surface area contributed by atoms with E-state index >= 15 is 0 Å². The third-order valence-corrected chi connectivity index (χ3v) is 4.08. The minimum absolute atomic E-state index is 0.224. The zero-order chi connectivity index (χ0) is 15.2. The van der Waals surface area contributed by atoms with Crippen LogP contribution >= 0.6 is 0 Å². The standard InChI is InChI=1S/C16H23N3O2/c1-12-6-5-9-14(10-17)19(12)11-15(20)18-16(21)13-7-3-2-4-8-13/h2-4,7-8,12,14H,5-6,9-11,17H2,1H3,(H,18,20,21). The minimum Gasteiger partial charge on any atom is -0.329 e. The van der Waals surface area contributed by atoms with E-state index in [0.29, 0.717) is 18.2 Å². The van der Waals surface area contributed by atoms with Crippen molar-refractivity contribution in [2.45, 2.75) is 38.3 Å². The van der Waals surface area contributed by atoms with Gasteiger partial charge in [0.05, 0.1) is 6.54 Å². The molecule has 0 aliphatic carbocycles. The van der Waals surface area contributed by atoms with E-state index < -0.39 is 0 Å². The third kappa shape index (κ3) is 4.12. The highest BCUT2D eigenvalue weighted by molar-refractivity contribution is 6.05. The van der Waals surface area contributed by atoms with E-state index in [9.17, 15) is 9.59 Å². The summed E-state index contributed by atoms with van der Waals surface area (Å²) in [5.74, 6) is -0.620. The molecule has 0 spiro atoms. The molecule has 0 saturated carbocycles. The molecule has 1 aromatic rings. The Balaban J connectivity index is 1.93. The van der Waals surface area contributed by atoms with Crippen LogP contribution in [0.4, 0.5) is 0 Å². The van der Waals surface area contributed by atoms with E-state index in [0.717, 1.165) is 19.3 Å². The maximum absolute atomic E-state index is 12.1. The first-order valence-electron chi connectivity index (χ1n) is 7.47. The zero-order valence-electron chi connectivity index (χ0n) is 12.4. The molecule has 2 rings (SSSR count). The SMILES string of the molecule is CC1CCCC(CN)N1CC(=O)NC(=O)c1ccccc1. The van der Waals surface area contributed by atoms with Gasteiger partial charge in [0.2, 0.25) is 5.91 Å². The number of nitrogens with one attached hydrogen (secondary N) is 1. The van der Waals surface area contributed by atoms with Gasteiger partial charge in [-0.1, -0.05) is 24.6 Å². The highest BCUT2D eigenvalue weighted by Crippen LogP contribution is 2.21. The zero-order valence-corrected chi connectivity index (χ0v) is 12.4. The average molecular weight is 289 g/mol. The predicted molar refractivity (Wildman–Crippen MR) is 81.8 cm³/mol. The summed E-state index contributed by atoms with van der Waals surface area (Å²) in [6, 6.07) is 9.31. The smallest absolute Gasteiger partial charge is 0.257 e. The molecular weight excluding hydrogens is 266 g/mol. The molecule has 0 bridgehead atoms. The van der Waals surface area contributed by atoms with E-state index in [1.807, 2.05) is 6.07 Å². The Kier molecular flexibility index (Phi) is 5.47. The lowest BCUT2D eigenvalue weighted by molar-refractivity contribution is -0.122. The number of hydrogen-bond acceptors (Lipinski definition) is 4. The van der Waals surface area contributed by atoms with Gasteiger partial charge in [0.1, 0.15) is 0 Å². The molecule has 2 amide bonds. The second-order valence-corrected chi connectivity index (χ2v) is 5.59. The number of likely N-dealkylation sites (tertiary alicyclic amines) is 1. The van der Waals surface area contributed by atoms with Crippen molar-refractivity contribution >= 4 is 11.8 Å². The number of carbonyl (C=O) groups excluding carboxylic acids is 2. The van der Waals surface area contributed by atoms with Crippen molar-refractivity contribution in [3.63, 3.8) is 0 Å². The first kappa shape index (κ1) is 15.7. The van der Waals surface area contributed by atoms with E-state index in [1.165, 1.54) is 0 Å². The van der Waals surface area contributed by atoms with Gasteiger partial charge < -0.3 is 5.73 Å². The van der Waals surface area contributed by atoms with Crippen LogP contribution in [0.1, 0.15) is 36.5 Å². The van der Waals surface area contributed by atoms with Gasteiger partial charge in [-0.25, -0.2) is 0 Å². The van der Waals surface area contributed by atoms with Gasteiger partial charge in [-0.05, 0) is 31.9 Å². The lowest BCUT2D eigenvalue weighted by Crippen LogP contribution is -2.53. The van der Waals surface area contributed by atoms with Crippen LogP contribution in [0.3, 0.4) is 0 Å². The van der Waals surface area contributed by atoms with Crippen molar-refractivity contribution in [3.8, 4) is 0 Å². The number of piperidine rings is 1. The van der Waals surface area contributed by atoms with Gasteiger partial charge in [-0.15, -0.1) is 0 Å². The molecule has 0 radical (unpaired) electrons. The van der Waals surface area contributed by atoms with Gasteiger partial charge in [-0.2, -0.15) is 0 Å². The summed E-state index contributed by atoms with van der Waals surface area (Å²) in [6.45, 7) is 2.87. The molecule has 2 unspecified atom stereocenters. The number of imide groups is 1. The van der Waals surface area contributed by atoms with Gasteiger partial charge in [0.15, 0.2) is 0 Å². The van der Waals surface area contributed by atoms with Crippen molar-refractivity contribution in [2.24, 2.45) is 5.73 Å². The fraction of sp³-hybridized carbons (Fsp3) is 0.500. The summed E-state index contributed by atoms with van der Waals surface area (Å²) in [7, 11) is 0. The van der Waals surface area contributed by atoms with Crippen LogP contribution in [0.25, 0.3) is 0 Å². The lowest BCUT2D eigenvalue weighted by Gasteiger charge is -2.39. The van der Waals surface area contributed by atoms with Crippen LogP contribution < -0.4 is 11.1 Å². The first-order valence-corrected chi connectivity index (χ1v) is 7.47. The largest absolute Gasteiger partial charge is 0.329 e. The number of nitrogens with two attached hydrogens (primary N) is 1. The average Bonchev–Trinajstić information content (AvgIpc) is 2.50. The third-order valence-electron chi connectivity index (χ3n) is 4.08. The minimum atomic E-state index is -0.352. The molecule has 1 aromatic carbocycles. The van der Waals surface area contributed by atoms with Crippen molar-refractivity contribution < 1.29 is 9.59 Å². The van der Waals surface area contributed by atoms with Crippen molar-refractivity contribution in [3.05, 3.63) is 35.9 Å². The summed E-state index contributed by atoms with van der Waals surface area (Å²) in [5.41, 5.74) is 6.28. The molecule has 5 heteroatoms. The summed E-state index contributed by atoms with van der Waals surface area (Å²) in [5, 5.41) is 2.45. The topological polar surface area (TPSA) is 75.4 Å². The number of benzene rings is 1. The summed E-state index contributed by atoms with van der Waals surface area (Å²) in [4.78, 5) is 26.2. The van der Waals surface area contributed by atoms with Crippen LogP contribution in [0.15, 0.2) is 30.3 Å². The van der Waals surface area contributed by atoms with Crippen LogP contribution in [0.5, 0.6) is 0 Å². The van der Waals surface area contributed by atoms with Gasteiger partial charge in [0.25, 0.3) is 5.91 Å². The van der Waals surface area contributed by atoms with Crippen molar-refractivity contribution in [1.82, 2.24) is 10.2 Å². The number of amides is 2. The Morgan fingerprint density at radius 3 is 2.67 bits per heavy atom. The second-order valence-electron chi connectivity index (χ2n) is 5.59. The van der Waals surface area contributed by atoms with Crippen LogP contribution in [-0.4, -0.2) is 41.9 Å². The molecule has 0 aromatic heterocycles. The Bertz CT molecular complexity index is 490. The van der Waals surface area contributed by atoms with E-state index in [-0.39, 0.29) is 24.4 Å². The highest BCUT2D eigenvalue weighted by atomic mass is 16.2. The molecule has 21 heavy (non-hydrogen) atoms. The number of rotatable bonds is 4. The Morgan fingerprint density at radius 1 is 1.29 bits per heavy atom. The van der Waals surface area contributed by atoms with E-state index in [1.54, 1.807) is 24.3 Å². The van der Waals surface area contributed by atoms with Crippen LogP contribution in [0, 0.1) is 0 Å². The first-order chi connectivity index (χ1) is 10.1. The molecule has 1 saturated heterocycles. The lowest BCUT2D eigenvalue weighted by atomic mass is 9.96. The number of carbonyl (C=O) groups is 2. The summed E-state index contributed by atoms with van der Waals surface area (Å²) < 4.78 is 0. The van der Waals surface area contributed by atoms with Crippen LogP contribution in [0.2, 0.25) is 0 Å². The van der Waals surface area contributed by atoms with E-state index in [2.05, 4.69) is 17.1 Å². The summed E-state index contributed by atoms with van der Waals surface area (Å²) in [6.07, 6.45) is 3.22. The molecule has 114 valence electrons.